The first-order valence-corrected chi connectivity index (χ1v) is 51.3. The number of hydrogen-bond acceptors (Lipinski definition) is 28. The lowest BCUT2D eigenvalue weighted by molar-refractivity contribution is -0.113. The average Bonchev–Trinajstić information content (AvgIpc) is 1.61. The molecule has 1 saturated carbocycles. The van der Waals surface area contributed by atoms with Gasteiger partial charge in [0.1, 0.15) is 50.2 Å². The number of nitrogens with one attached hydrogen (secondary N) is 3. The number of anilines is 3. The number of ketones is 2. The van der Waals surface area contributed by atoms with Crippen LogP contribution in [0.2, 0.25) is 5.02 Å². The number of para-hydroxylation sites is 5. The molecule has 6 N–H and O–H groups in total. The number of tetrazole rings is 1. The number of nitrogens with zero attached hydrogens (tertiary/aromatic N) is 14. The zero-order chi connectivity index (χ0) is 99.0. The number of allylic oxidation sites excluding steroid dienone is 3. The Morgan fingerprint density at radius 3 is 2.24 bits per heavy atom. The number of Topliss-reactive ketones (excluding diaryl/α,β-unsaturated/α-hetero) is 1. The van der Waals surface area contributed by atoms with E-state index in [9.17, 15) is 27.9 Å². The number of nitrogens with two attached hydrogens (primary N) is 1. The van der Waals surface area contributed by atoms with E-state index in [-0.39, 0.29) is 44.1 Å². The quantitative estimate of drug-likeness (QED) is 0.0293. The number of carbonyl (C=O) groups excluding carboxylic acids is 3. The molecular weight excluding hydrogens is 1920 g/mol. The van der Waals surface area contributed by atoms with Gasteiger partial charge < -0.3 is 48.8 Å². The number of methoxy groups -OCH3 is 1. The van der Waals surface area contributed by atoms with Crippen molar-refractivity contribution in [3.8, 4) is 40.3 Å². The number of aryl methyl sites for hydroxylation is 1. The number of rotatable bonds is 23. The molecule has 13 heterocycles. The minimum Gasteiger partial charge on any atom is -0.504 e. The van der Waals surface area contributed by atoms with Crippen LogP contribution in [0.4, 0.5) is 27.9 Å². The molecule has 35 heteroatoms. The summed E-state index contributed by atoms with van der Waals surface area (Å²) in [7, 11) is -0.0672. The maximum Gasteiger partial charge on any atom is 0.249 e. The Balaban J connectivity index is 0.000000120. The number of thiophene rings is 2. The highest BCUT2D eigenvalue weighted by Crippen LogP contribution is 2.44. The number of thioether (sulfide) groups is 1. The van der Waals surface area contributed by atoms with Gasteiger partial charge in [-0.15, -0.1) is 32.9 Å². The molecule has 18 aromatic rings. The molecule has 4 aliphatic rings. The molecule has 3 aliphatic heterocycles. The van der Waals surface area contributed by atoms with Crippen molar-refractivity contribution < 1.29 is 50.6 Å². The number of benzene rings is 8. The topological polar surface area (TPSA) is 375 Å². The number of phenols is 1. The average molecular weight is 2020 g/mol. The molecule has 2 fully saturated rings. The summed E-state index contributed by atoms with van der Waals surface area (Å²) >= 11 is 11.1. The van der Waals surface area contributed by atoms with Gasteiger partial charge in [-0.2, -0.15) is 14.3 Å². The lowest BCUT2D eigenvalue weighted by Gasteiger charge is -2.36. The van der Waals surface area contributed by atoms with Gasteiger partial charge in [-0.25, -0.2) is 28.1 Å². The van der Waals surface area contributed by atoms with E-state index in [1.165, 1.54) is 81.0 Å². The standard InChI is InChI=1S/C31H25N5O3.C24H29N5O2.C18H13ClN4O3S2.C18H15N3OS2.C17H13NO2S/c1-22-19-29(33-30(37)17-16-24-13-8-18-38-24)36(34-22)31-32-27-14-5-6-15-28(27)35(31)21-23-9-7-12-26(20-23)39-25-10-3-2-4-11-25;1-31-22-15-18(11-12-21(22)30)23(28-14-13-17-7-5-6-8-19(17)16-28)24-25-26-27-29(24)20-9-3-2-4-10-20;1-10-14(16(20)23-17(21-10)27-18(22-23)28(2,24)25)9-13-7-8-15(26-13)11-3-5-12(19)6-4-11;1-20-18-14(12-9-10-5-2-3-6-11(10)21-12)15(19)17(24-18)16(22)13-7-4-8-23-13;19-15-12-17(18-13-6-2-1-3-7-13)21-16(15)10-4-8-14-9-5-11-20-14/h2-20H,21H2,1H3,(H,33,37);5-8,11-12,15,20,23,30H,2-4,9-10,13-14,16H2,1H3;3-9,20H,1H2,2H3;2-8,20H,9,19H2,1H3;1-11H,12H2/b17-16+;;14-9-,20-16?;;8-4+,16-10+,18-17?. The van der Waals surface area contributed by atoms with Crippen molar-refractivity contribution >= 4 is 164 Å². The van der Waals surface area contributed by atoms with Gasteiger partial charge in [0, 0.05) is 60.8 Å². The number of furan rings is 3. The summed E-state index contributed by atoms with van der Waals surface area (Å²) in [5.41, 5.74) is 19.9. The Morgan fingerprint density at radius 1 is 0.769 bits per heavy atom. The highest BCUT2D eigenvalue weighted by molar-refractivity contribution is 8.18. The lowest BCUT2D eigenvalue weighted by Crippen LogP contribution is -2.44. The number of aromatic hydroxyl groups is 1. The van der Waals surface area contributed by atoms with E-state index in [0.717, 1.165) is 146 Å². The molecule has 1 atom stereocenters. The van der Waals surface area contributed by atoms with E-state index in [1.54, 1.807) is 72.9 Å². The first-order chi connectivity index (χ1) is 69.6. The molecule has 1 saturated heterocycles. The molecule has 10 aromatic heterocycles. The number of hydrogen-bond donors (Lipinski definition) is 5. The van der Waals surface area contributed by atoms with Crippen molar-refractivity contribution in [1.29, 1.82) is 5.41 Å². The number of fused-ring (bicyclic) bond motifs is 4. The summed E-state index contributed by atoms with van der Waals surface area (Å²) in [5.74, 6) is 6.40. The predicted octanol–water partition coefficient (Wildman–Crippen LogP) is 21.4. The van der Waals surface area contributed by atoms with Gasteiger partial charge in [0.15, 0.2) is 28.6 Å². The van der Waals surface area contributed by atoms with Crippen molar-refractivity contribution in [1.82, 2.24) is 59.0 Å². The van der Waals surface area contributed by atoms with Gasteiger partial charge in [0.05, 0.1) is 110 Å². The Kier molecular flexibility index (Phi) is 30.5. The Morgan fingerprint density at radius 2 is 1.50 bits per heavy atom. The number of carbonyl (C=O) groups is 3. The van der Waals surface area contributed by atoms with E-state index in [1.807, 2.05) is 226 Å². The number of halogens is 1. The molecule has 22 rings (SSSR count). The smallest absolute Gasteiger partial charge is 0.249 e. The van der Waals surface area contributed by atoms with E-state index >= 15 is 0 Å². The molecular formula is C108H95ClN18O11S5. The summed E-state index contributed by atoms with van der Waals surface area (Å²) < 4.78 is 58.1. The molecule has 143 heavy (non-hydrogen) atoms. The van der Waals surface area contributed by atoms with Crippen LogP contribution in [0.15, 0.2) is 323 Å². The van der Waals surface area contributed by atoms with Crippen molar-refractivity contribution in [3.05, 3.63) is 389 Å². The van der Waals surface area contributed by atoms with E-state index < -0.39 is 9.84 Å². The number of sulfone groups is 1. The van der Waals surface area contributed by atoms with Crippen LogP contribution >= 0.6 is 57.4 Å². The Hall–Kier alpha value is -15.8. The number of aromatic nitrogens is 11. The van der Waals surface area contributed by atoms with Crippen LogP contribution in [0.3, 0.4) is 0 Å². The second kappa shape index (κ2) is 44.8. The fourth-order valence-electron chi connectivity index (χ4n) is 16.8. The third-order valence-corrected chi connectivity index (χ3v) is 29.6. The van der Waals surface area contributed by atoms with Crippen LogP contribution in [-0.4, -0.2) is 128 Å². The second-order valence-corrected chi connectivity index (χ2v) is 40.2. The molecule has 1 aliphatic carbocycles. The summed E-state index contributed by atoms with van der Waals surface area (Å²) in [6.45, 7) is 8.02. The molecule has 1 unspecified atom stereocenters. The molecule has 29 nitrogen and oxygen atoms in total. The van der Waals surface area contributed by atoms with Crippen molar-refractivity contribution in [3.63, 3.8) is 0 Å². The zero-order valence-corrected chi connectivity index (χ0v) is 82.7. The lowest BCUT2D eigenvalue weighted by atomic mass is 9.94. The number of amides is 1. The SMILES string of the molecule is C=c1nc2sc(S(C)(=O)=O)nn2c(=N)/c1=C\c1ccc(-c2ccc(Cl)cc2)o1.CNc1sc(C(=O)c2cccs2)c(N)c1C1=Nc2ccccc2C1.COc1cc(C(c2nnnn2C2CCCCC2)N2CCc3ccccc3C2)ccc1O.Cc1cc(NC(=O)/C=C/c2ccco2)n(-c2nc3ccccc3n2Cc2cccc(Oc3ccccc3)c2)n1.O=C1CC(=Nc2ccccc2)S/C1=C/C=C/c1ccco1. The summed E-state index contributed by atoms with van der Waals surface area (Å²) in [5, 5.41) is 51.3. The number of imidazole rings is 1. The second-order valence-electron chi connectivity index (χ2n) is 33.5. The van der Waals surface area contributed by atoms with E-state index in [0.29, 0.717) is 89.7 Å². The van der Waals surface area contributed by atoms with Crippen LogP contribution in [-0.2, 0) is 45.4 Å². The van der Waals surface area contributed by atoms with E-state index in [2.05, 4.69) is 97.4 Å². The number of aliphatic imine (C=N–C) groups is 2. The van der Waals surface area contributed by atoms with Crippen LogP contribution < -0.4 is 41.9 Å². The summed E-state index contributed by atoms with van der Waals surface area (Å²) in [4.78, 5) is 60.5. The van der Waals surface area contributed by atoms with Gasteiger partial charge in [0.2, 0.25) is 36.8 Å². The van der Waals surface area contributed by atoms with Crippen LogP contribution in [0.5, 0.6) is 23.0 Å². The van der Waals surface area contributed by atoms with Gasteiger partial charge in [0.25, 0.3) is 0 Å². The van der Waals surface area contributed by atoms with Gasteiger partial charge in [-0.1, -0.05) is 182 Å². The van der Waals surface area contributed by atoms with Crippen molar-refractivity contribution in [2.45, 2.75) is 87.8 Å². The summed E-state index contributed by atoms with van der Waals surface area (Å²) in [6.07, 6.45) is 22.4. The molecule has 0 radical (unpaired) electrons. The Bertz CT molecular complexity index is 8120. The largest absolute Gasteiger partial charge is 0.504 e. The number of ether oxygens (including phenoxy) is 2. The zero-order valence-electron chi connectivity index (χ0n) is 77.9. The van der Waals surface area contributed by atoms with Gasteiger partial charge in [-0.3, -0.25) is 29.7 Å². The monoisotopic (exact) mass is 2010 g/mol. The number of phenolic OH excluding ortho intramolecular Hbond substituents is 1. The minimum atomic E-state index is -3.49. The summed E-state index contributed by atoms with van der Waals surface area (Å²) in [6, 6.07) is 81.3. The molecule has 0 bridgehead atoms. The number of nitrogen functional groups attached to an aromatic ring is 1. The van der Waals surface area contributed by atoms with Crippen LogP contribution in [0.1, 0.15) is 127 Å². The maximum atomic E-state index is 12.7. The minimum absolute atomic E-state index is 0.0219. The van der Waals surface area contributed by atoms with Gasteiger partial charge in [-0.05, 0) is 228 Å². The maximum absolute atomic E-state index is 12.7. The fourth-order valence-corrected chi connectivity index (χ4v) is 21.3. The highest BCUT2D eigenvalue weighted by atomic mass is 35.5. The molecule has 0 spiro atoms. The fraction of sp³-hybridized carbons (Fsp3) is 0.157. The first kappa shape index (κ1) is 97.4. The molecule has 1 amide bonds. The third kappa shape index (κ3) is 23.4. The van der Waals surface area contributed by atoms with Gasteiger partial charge >= 0.3 is 0 Å². The highest BCUT2D eigenvalue weighted by Gasteiger charge is 2.35. The van der Waals surface area contributed by atoms with E-state index in [4.69, 9.17) is 55.4 Å². The van der Waals surface area contributed by atoms with Crippen molar-refractivity contribution in [2.75, 3.05) is 43.3 Å². The third-order valence-electron chi connectivity index (χ3n) is 23.6. The van der Waals surface area contributed by atoms with Crippen molar-refractivity contribution in [2.24, 2.45) is 9.98 Å². The molecule has 8 aromatic carbocycles. The Labute approximate surface area is 843 Å². The first-order valence-electron chi connectivity index (χ1n) is 45.7. The molecule has 720 valence electrons. The van der Waals surface area contributed by atoms with Crippen LogP contribution in [0.25, 0.3) is 58.1 Å². The predicted molar refractivity (Wildman–Crippen MR) is 563 cm³/mol. The van der Waals surface area contributed by atoms with Crippen LogP contribution in [0, 0.1) is 12.3 Å². The normalized spacial score (nSPS) is 14.5.